The molecule has 3 rings (SSSR count). The fraction of sp³-hybridized carbons (Fsp3) is 0.474. The van der Waals surface area contributed by atoms with Gasteiger partial charge in [0.05, 0.1) is 17.0 Å². The molecule has 1 aliphatic heterocycles. The number of carbonyl (C=O) groups is 1. The van der Waals surface area contributed by atoms with E-state index in [9.17, 15) is 13.6 Å². The van der Waals surface area contributed by atoms with E-state index in [-0.39, 0.29) is 18.4 Å². The molecule has 2 aromatic rings. The zero-order chi connectivity index (χ0) is 19.8. The maximum absolute atomic E-state index is 12.1. The molecule has 0 N–H and O–H groups in total. The predicted octanol–water partition coefficient (Wildman–Crippen LogP) is 4.56. The van der Waals surface area contributed by atoms with E-state index in [4.69, 9.17) is 9.47 Å². The number of benzene rings is 1. The summed E-state index contributed by atoms with van der Waals surface area (Å²) in [6.45, 7) is -0.686. The average Bonchev–Trinajstić information content (AvgIpc) is 3.21. The van der Waals surface area contributed by atoms with Gasteiger partial charge in [-0.15, -0.1) is 11.3 Å². The van der Waals surface area contributed by atoms with Gasteiger partial charge in [0.15, 0.2) is 0 Å². The Labute approximate surface area is 166 Å². The molecule has 0 atom stereocenters. The molecule has 1 fully saturated rings. The molecule has 1 aromatic carbocycles. The maximum atomic E-state index is 12.1. The first-order valence-electron chi connectivity index (χ1n) is 9.07. The van der Waals surface area contributed by atoms with Crippen molar-refractivity contribution < 1.29 is 27.8 Å². The first-order chi connectivity index (χ1) is 13.6. The van der Waals surface area contributed by atoms with E-state index >= 15 is 0 Å². The van der Waals surface area contributed by atoms with E-state index in [2.05, 4.69) is 9.72 Å². The van der Waals surface area contributed by atoms with E-state index in [0.29, 0.717) is 31.4 Å². The number of halogens is 2. The lowest BCUT2D eigenvalue weighted by atomic mass is 9.94. The second-order valence-corrected chi connectivity index (χ2v) is 7.41. The highest BCUT2D eigenvalue weighted by Gasteiger charge is 2.23. The van der Waals surface area contributed by atoms with Crippen molar-refractivity contribution in [3.8, 4) is 11.5 Å². The third-order valence-electron chi connectivity index (χ3n) is 4.54. The minimum Gasteiger partial charge on any atom is -0.494 e. The first-order valence-corrected chi connectivity index (χ1v) is 9.95. The Morgan fingerprint density at radius 2 is 1.93 bits per heavy atom. The number of hydrogen-bond donors (Lipinski definition) is 0. The summed E-state index contributed by atoms with van der Waals surface area (Å²) in [4.78, 5) is 18.7. The number of aromatic nitrogens is 1. The molecular formula is C19H22F2N2O4S. The van der Waals surface area contributed by atoms with Gasteiger partial charge in [0.1, 0.15) is 18.1 Å². The number of rotatable bonds is 8. The lowest BCUT2D eigenvalue weighted by Gasteiger charge is -2.31. The monoisotopic (exact) mass is 412 g/mol. The van der Waals surface area contributed by atoms with Crippen LogP contribution in [0.15, 0.2) is 36.0 Å². The first kappa shape index (κ1) is 20.3. The molecule has 1 saturated heterocycles. The Balaban J connectivity index is 1.31. The highest BCUT2D eigenvalue weighted by atomic mass is 32.1. The summed E-state index contributed by atoms with van der Waals surface area (Å²) in [7, 11) is 0. The van der Waals surface area contributed by atoms with Gasteiger partial charge in [0.2, 0.25) is 0 Å². The second-order valence-electron chi connectivity index (χ2n) is 6.44. The Morgan fingerprint density at radius 1 is 1.21 bits per heavy atom. The van der Waals surface area contributed by atoms with Crippen LogP contribution >= 0.6 is 11.3 Å². The summed E-state index contributed by atoms with van der Waals surface area (Å²) in [5.74, 6) is 1.20. The number of nitrogens with zero attached hydrogens (tertiary/aromatic N) is 2. The van der Waals surface area contributed by atoms with E-state index in [0.717, 1.165) is 24.1 Å². The molecule has 152 valence electrons. The Morgan fingerprint density at radius 3 is 2.57 bits per heavy atom. The van der Waals surface area contributed by atoms with E-state index in [1.807, 2.05) is 0 Å². The van der Waals surface area contributed by atoms with Crippen molar-refractivity contribution >= 4 is 17.4 Å². The fourth-order valence-electron chi connectivity index (χ4n) is 3.00. The number of likely N-dealkylation sites (tertiary alicyclic amines) is 1. The molecule has 2 heterocycles. The molecule has 0 bridgehead atoms. The maximum Gasteiger partial charge on any atom is 0.410 e. The third kappa shape index (κ3) is 6.33. The number of thiazole rings is 1. The van der Waals surface area contributed by atoms with Crippen molar-refractivity contribution in [1.82, 2.24) is 9.88 Å². The lowest BCUT2D eigenvalue weighted by molar-refractivity contribution is -0.0498. The van der Waals surface area contributed by atoms with Crippen molar-refractivity contribution in [2.75, 3.05) is 19.7 Å². The van der Waals surface area contributed by atoms with Gasteiger partial charge in [-0.3, -0.25) is 4.98 Å². The van der Waals surface area contributed by atoms with Crippen molar-refractivity contribution in [1.29, 1.82) is 0 Å². The van der Waals surface area contributed by atoms with E-state index in [1.165, 1.54) is 23.5 Å². The molecule has 0 aliphatic carbocycles. The highest BCUT2D eigenvalue weighted by Crippen LogP contribution is 2.23. The fourth-order valence-corrected chi connectivity index (χ4v) is 3.51. The number of piperidine rings is 1. The van der Waals surface area contributed by atoms with Crippen LogP contribution in [-0.2, 0) is 11.3 Å². The molecule has 0 radical (unpaired) electrons. The normalized spacial score (nSPS) is 14.9. The number of ether oxygens (including phenoxy) is 3. The summed E-state index contributed by atoms with van der Waals surface area (Å²) < 4.78 is 39.5. The molecule has 9 heteroatoms. The summed E-state index contributed by atoms with van der Waals surface area (Å²) >= 11 is 1.46. The van der Waals surface area contributed by atoms with Crippen LogP contribution in [0.4, 0.5) is 13.6 Å². The van der Waals surface area contributed by atoms with Crippen LogP contribution in [0.2, 0.25) is 0 Å². The summed E-state index contributed by atoms with van der Waals surface area (Å²) in [6, 6.07) is 6.13. The van der Waals surface area contributed by atoms with Crippen LogP contribution in [0.1, 0.15) is 24.1 Å². The second kappa shape index (κ2) is 10.2. The minimum absolute atomic E-state index is 0.108. The van der Waals surface area contributed by atoms with E-state index in [1.54, 1.807) is 28.7 Å². The molecule has 1 aromatic heterocycles. The van der Waals surface area contributed by atoms with Gasteiger partial charge in [-0.05, 0) is 49.4 Å². The number of hydrogen-bond acceptors (Lipinski definition) is 6. The Hall–Kier alpha value is -2.42. The Bertz CT molecular complexity index is 720. The zero-order valence-electron chi connectivity index (χ0n) is 15.3. The predicted molar refractivity (Wildman–Crippen MR) is 99.8 cm³/mol. The Kier molecular flexibility index (Phi) is 7.41. The van der Waals surface area contributed by atoms with E-state index < -0.39 is 6.61 Å². The van der Waals surface area contributed by atoms with Crippen LogP contribution in [0.5, 0.6) is 11.5 Å². The van der Waals surface area contributed by atoms with Crippen molar-refractivity contribution in [2.24, 2.45) is 5.92 Å². The van der Waals surface area contributed by atoms with Gasteiger partial charge in [-0.25, -0.2) is 4.79 Å². The van der Waals surface area contributed by atoms with Crippen LogP contribution < -0.4 is 9.47 Å². The zero-order valence-corrected chi connectivity index (χ0v) is 16.1. The molecule has 1 aliphatic rings. The van der Waals surface area contributed by atoms with Crippen molar-refractivity contribution in [2.45, 2.75) is 32.5 Å². The number of alkyl halides is 2. The van der Waals surface area contributed by atoms with Gasteiger partial charge >= 0.3 is 12.7 Å². The summed E-state index contributed by atoms with van der Waals surface area (Å²) in [5.41, 5.74) is 1.71. The number of carbonyl (C=O) groups excluding carboxylic acids is 1. The van der Waals surface area contributed by atoms with Gasteiger partial charge in [-0.2, -0.15) is 8.78 Å². The molecule has 6 nitrogen and oxygen atoms in total. The standard InChI is InChI=1S/C19H22F2N2O4S/c20-18(21)27-16-3-1-15(2-4-16)25-10-7-14-5-8-23(9-6-14)19(24)26-12-17-11-22-13-28-17/h1-4,11,13-14,18H,5-10,12H2. The van der Waals surface area contributed by atoms with Gasteiger partial charge < -0.3 is 19.1 Å². The van der Waals surface area contributed by atoms with Gasteiger partial charge in [0, 0.05) is 19.3 Å². The molecule has 28 heavy (non-hydrogen) atoms. The summed E-state index contributed by atoms with van der Waals surface area (Å²) in [5, 5.41) is 0. The smallest absolute Gasteiger partial charge is 0.410 e. The molecule has 0 unspecified atom stereocenters. The summed E-state index contributed by atoms with van der Waals surface area (Å²) in [6.07, 6.45) is 4.09. The molecular weight excluding hydrogens is 390 g/mol. The third-order valence-corrected chi connectivity index (χ3v) is 5.29. The van der Waals surface area contributed by atoms with Gasteiger partial charge in [-0.1, -0.05) is 0 Å². The molecule has 1 amide bonds. The average molecular weight is 412 g/mol. The topological polar surface area (TPSA) is 60.9 Å². The quantitative estimate of drug-likeness (QED) is 0.636. The SMILES string of the molecule is O=C(OCc1cncs1)N1CCC(CCOc2ccc(OC(F)F)cc2)CC1. The van der Waals surface area contributed by atoms with Crippen LogP contribution in [0, 0.1) is 5.92 Å². The minimum atomic E-state index is -2.83. The van der Waals surface area contributed by atoms with Crippen molar-refractivity contribution in [3.63, 3.8) is 0 Å². The van der Waals surface area contributed by atoms with Crippen LogP contribution in [0.25, 0.3) is 0 Å². The highest BCUT2D eigenvalue weighted by molar-refractivity contribution is 7.09. The van der Waals surface area contributed by atoms with Crippen molar-refractivity contribution in [3.05, 3.63) is 40.8 Å². The number of amides is 1. The van der Waals surface area contributed by atoms with Crippen LogP contribution in [-0.4, -0.2) is 42.3 Å². The van der Waals surface area contributed by atoms with Gasteiger partial charge in [0.25, 0.3) is 0 Å². The lowest BCUT2D eigenvalue weighted by Crippen LogP contribution is -2.39. The largest absolute Gasteiger partial charge is 0.494 e. The molecule has 0 spiro atoms. The molecule has 0 saturated carbocycles. The van der Waals surface area contributed by atoms with Crippen LogP contribution in [0.3, 0.4) is 0 Å².